The lowest BCUT2D eigenvalue weighted by Crippen LogP contribution is -2.73. The average Bonchev–Trinajstić information content (AvgIpc) is 3.18. The SMILES string of the molecule is CCC12CCC1N(C(=O)c1cc(-c3ccc4ccccc4c3)n[nH]1)CCN2. The fraction of sp³-hybridized carbons (Fsp3) is 0.364. The Bertz CT molecular complexity index is 1010. The average molecular weight is 360 g/mol. The molecule has 1 saturated heterocycles. The van der Waals surface area contributed by atoms with Crippen LogP contribution in [0.25, 0.3) is 22.0 Å². The van der Waals surface area contributed by atoms with Crippen LogP contribution in [0.4, 0.5) is 0 Å². The molecule has 1 aliphatic heterocycles. The minimum atomic E-state index is 0.0681. The van der Waals surface area contributed by atoms with Gasteiger partial charge in [0.2, 0.25) is 0 Å². The molecule has 27 heavy (non-hydrogen) atoms. The fourth-order valence-corrected chi connectivity index (χ4v) is 4.73. The van der Waals surface area contributed by atoms with E-state index >= 15 is 0 Å². The van der Waals surface area contributed by atoms with Gasteiger partial charge < -0.3 is 10.2 Å². The quantitative estimate of drug-likeness (QED) is 0.750. The van der Waals surface area contributed by atoms with E-state index in [0.717, 1.165) is 43.6 Å². The smallest absolute Gasteiger partial charge is 0.272 e. The van der Waals surface area contributed by atoms with E-state index in [0.29, 0.717) is 11.7 Å². The van der Waals surface area contributed by atoms with E-state index in [4.69, 9.17) is 0 Å². The van der Waals surface area contributed by atoms with Crippen LogP contribution in [0.3, 0.4) is 0 Å². The molecule has 0 bridgehead atoms. The normalized spacial score (nSPS) is 24.5. The van der Waals surface area contributed by atoms with Gasteiger partial charge in [-0.1, -0.05) is 43.3 Å². The second-order valence-electron chi connectivity index (χ2n) is 7.72. The summed E-state index contributed by atoms with van der Waals surface area (Å²) in [4.78, 5) is 15.2. The Morgan fingerprint density at radius 3 is 2.85 bits per heavy atom. The highest BCUT2D eigenvalue weighted by atomic mass is 16.2. The number of H-pyrrole nitrogens is 1. The van der Waals surface area contributed by atoms with Crippen molar-refractivity contribution < 1.29 is 4.79 Å². The van der Waals surface area contributed by atoms with Gasteiger partial charge in [-0.05, 0) is 42.2 Å². The summed E-state index contributed by atoms with van der Waals surface area (Å²) in [6.45, 7) is 3.83. The molecule has 2 atom stereocenters. The molecule has 3 aromatic rings. The van der Waals surface area contributed by atoms with Gasteiger partial charge in [0.25, 0.3) is 5.91 Å². The van der Waals surface area contributed by atoms with Crippen molar-refractivity contribution >= 4 is 16.7 Å². The van der Waals surface area contributed by atoms with Crippen LogP contribution in [-0.4, -0.2) is 45.7 Å². The lowest BCUT2D eigenvalue weighted by Gasteiger charge is -2.57. The number of rotatable bonds is 3. The van der Waals surface area contributed by atoms with Crippen molar-refractivity contribution in [2.45, 2.75) is 37.8 Å². The van der Waals surface area contributed by atoms with Crippen molar-refractivity contribution in [1.82, 2.24) is 20.4 Å². The van der Waals surface area contributed by atoms with Gasteiger partial charge in [-0.2, -0.15) is 5.10 Å². The van der Waals surface area contributed by atoms with Crippen LogP contribution >= 0.6 is 0 Å². The molecule has 2 fully saturated rings. The second kappa shape index (κ2) is 6.20. The van der Waals surface area contributed by atoms with Crippen molar-refractivity contribution in [3.05, 3.63) is 54.2 Å². The van der Waals surface area contributed by atoms with Crippen LogP contribution in [-0.2, 0) is 0 Å². The minimum absolute atomic E-state index is 0.0681. The number of carbonyl (C=O) groups is 1. The number of fused-ring (bicyclic) bond motifs is 2. The van der Waals surface area contributed by atoms with E-state index in [2.05, 4.69) is 52.8 Å². The first kappa shape index (κ1) is 16.5. The zero-order valence-corrected chi connectivity index (χ0v) is 15.5. The number of carbonyl (C=O) groups excluding carboxylic acids is 1. The zero-order chi connectivity index (χ0) is 18.4. The van der Waals surface area contributed by atoms with Crippen LogP contribution in [0, 0.1) is 0 Å². The summed E-state index contributed by atoms with van der Waals surface area (Å²) < 4.78 is 0. The number of amides is 1. The molecule has 2 aliphatic rings. The summed E-state index contributed by atoms with van der Waals surface area (Å²) in [5, 5.41) is 13.4. The van der Waals surface area contributed by atoms with Gasteiger partial charge in [0, 0.05) is 24.2 Å². The molecule has 0 spiro atoms. The summed E-state index contributed by atoms with van der Waals surface area (Å²) in [5.41, 5.74) is 2.54. The molecule has 0 radical (unpaired) electrons. The van der Waals surface area contributed by atoms with Crippen molar-refractivity contribution in [2.75, 3.05) is 13.1 Å². The topological polar surface area (TPSA) is 61.0 Å². The molecule has 2 aromatic carbocycles. The summed E-state index contributed by atoms with van der Waals surface area (Å²) >= 11 is 0. The number of piperazine rings is 1. The Morgan fingerprint density at radius 2 is 2.07 bits per heavy atom. The monoisotopic (exact) mass is 360 g/mol. The van der Waals surface area contributed by atoms with Crippen LogP contribution in [0.15, 0.2) is 48.5 Å². The van der Waals surface area contributed by atoms with Gasteiger partial charge in [-0.3, -0.25) is 9.89 Å². The molecule has 1 saturated carbocycles. The van der Waals surface area contributed by atoms with Gasteiger partial charge >= 0.3 is 0 Å². The maximum Gasteiger partial charge on any atom is 0.272 e. The molecule has 2 heterocycles. The van der Waals surface area contributed by atoms with Gasteiger partial charge in [-0.15, -0.1) is 0 Å². The Morgan fingerprint density at radius 1 is 1.22 bits per heavy atom. The van der Waals surface area contributed by atoms with Crippen molar-refractivity contribution in [1.29, 1.82) is 0 Å². The summed E-state index contributed by atoms with van der Waals surface area (Å²) in [6.07, 6.45) is 3.30. The molecule has 2 N–H and O–H groups in total. The van der Waals surface area contributed by atoms with E-state index in [9.17, 15) is 4.79 Å². The Hall–Kier alpha value is -2.66. The molecule has 1 amide bonds. The Labute approximate surface area is 158 Å². The predicted molar refractivity (Wildman–Crippen MR) is 107 cm³/mol. The van der Waals surface area contributed by atoms with Crippen LogP contribution < -0.4 is 5.32 Å². The van der Waals surface area contributed by atoms with Gasteiger partial charge in [0.15, 0.2) is 0 Å². The number of benzene rings is 2. The molecule has 5 rings (SSSR count). The van der Waals surface area contributed by atoms with Crippen LogP contribution in [0.1, 0.15) is 36.7 Å². The standard InChI is InChI=1S/C22H24N4O/c1-2-22-10-9-20(22)26(12-11-23-22)21(27)19-14-18(24-25-19)17-8-7-15-5-3-4-6-16(15)13-17/h3-8,13-14,20,23H,2,9-12H2,1H3,(H,24,25). The third-order valence-corrected chi connectivity index (χ3v) is 6.45. The maximum atomic E-state index is 13.1. The van der Waals surface area contributed by atoms with Crippen molar-refractivity contribution in [3.8, 4) is 11.3 Å². The summed E-state index contributed by atoms with van der Waals surface area (Å²) in [6, 6.07) is 16.7. The van der Waals surface area contributed by atoms with Crippen molar-refractivity contribution in [3.63, 3.8) is 0 Å². The minimum Gasteiger partial charge on any atom is -0.331 e. The molecular weight excluding hydrogens is 336 g/mol. The Kier molecular flexibility index (Phi) is 3.79. The molecule has 1 aliphatic carbocycles. The molecule has 1 aromatic heterocycles. The highest BCUT2D eigenvalue weighted by molar-refractivity contribution is 5.94. The number of hydrogen-bond donors (Lipinski definition) is 2. The zero-order valence-electron chi connectivity index (χ0n) is 15.5. The number of aromatic amines is 1. The van der Waals surface area contributed by atoms with Gasteiger partial charge in [0.1, 0.15) is 5.69 Å². The molecule has 2 unspecified atom stereocenters. The number of nitrogens with zero attached hydrogens (tertiary/aromatic N) is 2. The van der Waals surface area contributed by atoms with E-state index in [1.165, 1.54) is 10.8 Å². The molecular formula is C22H24N4O. The predicted octanol–water partition coefficient (Wildman–Crippen LogP) is 3.59. The van der Waals surface area contributed by atoms with E-state index < -0.39 is 0 Å². The van der Waals surface area contributed by atoms with E-state index in [1.807, 2.05) is 23.1 Å². The lowest BCUT2D eigenvalue weighted by molar-refractivity contribution is -0.0134. The molecule has 5 nitrogen and oxygen atoms in total. The first-order valence-electron chi connectivity index (χ1n) is 9.81. The Balaban J connectivity index is 1.42. The molecule has 5 heteroatoms. The second-order valence-corrected chi connectivity index (χ2v) is 7.72. The number of hydrogen-bond acceptors (Lipinski definition) is 3. The largest absolute Gasteiger partial charge is 0.331 e. The van der Waals surface area contributed by atoms with E-state index in [1.54, 1.807) is 0 Å². The summed E-state index contributed by atoms with van der Waals surface area (Å²) in [5.74, 6) is 0.0681. The highest BCUT2D eigenvalue weighted by Gasteiger charge is 2.51. The third-order valence-electron chi connectivity index (χ3n) is 6.45. The van der Waals surface area contributed by atoms with Crippen LogP contribution in [0.2, 0.25) is 0 Å². The number of aromatic nitrogens is 2. The summed E-state index contributed by atoms with van der Waals surface area (Å²) in [7, 11) is 0. The van der Waals surface area contributed by atoms with Crippen molar-refractivity contribution in [2.24, 2.45) is 0 Å². The molecule has 138 valence electrons. The van der Waals surface area contributed by atoms with E-state index in [-0.39, 0.29) is 11.4 Å². The number of nitrogens with one attached hydrogen (secondary N) is 2. The van der Waals surface area contributed by atoms with Gasteiger partial charge in [0.05, 0.1) is 11.7 Å². The first-order valence-corrected chi connectivity index (χ1v) is 9.81. The first-order chi connectivity index (χ1) is 13.2. The highest BCUT2D eigenvalue weighted by Crippen LogP contribution is 2.41. The fourth-order valence-electron chi connectivity index (χ4n) is 4.73. The maximum absolute atomic E-state index is 13.1. The lowest BCUT2D eigenvalue weighted by atomic mass is 9.67. The van der Waals surface area contributed by atoms with Crippen LogP contribution in [0.5, 0.6) is 0 Å². The third kappa shape index (κ3) is 2.57. The van der Waals surface area contributed by atoms with Gasteiger partial charge in [-0.25, -0.2) is 0 Å².